The Labute approximate surface area is 246 Å². The Balaban J connectivity index is 1.28. The monoisotopic (exact) mass is 569 g/mol. The molecule has 3 heterocycles. The molecule has 11 nitrogen and oxygen atoms in total. The molecular formula is C31H39N9O2. The number of aromatic nitrogens is 4. The first-order valence-electron chi connectivity index (χ1n) is 14.1. The number of piperazine rings is 1. The lowest BCUT2D eigenvalue weighted by molar-refractivity contribution is 0.148. The zero-order valence-electron chi connectivity index (χ0n) is 24.9. The zero-order valence-corrected chi connectivity index (χ0v) is 24.9. The highest BCUT2D eigenvalue weighted by atomic mass is 16.5. The second-order valence-electron chi connectivity index (χ2n) is 11.5. The third kappa shape index (κ3) is 7.42. The Hall–Kier alpha value is -4.48. The fourth-order valence-corrected chi connectivity index (χ4v) is 4.62. The number of nitrogens with one attached hydrogen (secondary N) is 3. The SMILES string of the molecule is CNc1cc(Oc2ccc(NC(=O)Nc3cc(C(C)(C)C)nn3-c3cccc(CN4CCN(C)CC4)c3)cc2)ncn1. The van der Waals surface area contributed by atoms with Crippen molar-refractivity contribution in [3.63, 3.8) is 0 Å². The van der Waals surface area contributed by atoms with Gasteiger partial charge in [-0.2, -0.15) is 5.10 Å². The summed E-state index contributed by atoms with van der Waals surface area (Å²) in [6.07, 6.45) is 1.43. The van der Waals surface area contributed by atoms with E-state index in [-0.39, 0.29) is 11.4 Å². The first kappa shape index (κ1) is 29.0. The molecule has 0 spiro atoms. The lowest BCUT2D eigenvalue weighted by atomic mass is 9.92. The van der Waals surface area contributed by atoms with Crippen molar-refractivity contribution in [2.45, 2.75) is 32.7 Å². The molecule has 2 aromatic heterocycles. The van der Waals surface area contributed by atoms with Gasteiger partial charge in [0.05, 0.1) is 11.4 Å². The molecule has 0 saturated carbocycles. The summed E-state index contributed by atoms with van der Waals surface area (Å²) in [6.45, 7) is 11.5. The van der Waals surface area contributed by atoms with Crippen LogP contribution in [-0.2, 0) is 12.0 Å². The molecule has 42 heavy (non-hydrogen) atoms. The minimum atomic E-state index is -0.367. The summed E-state index contributed by atoms with van der Waals surface area (Å²) in [4.78, 5) is 26.1. The fourth-order valence-electron chi connectivity index (χ4n) is 4.62. The summed E-state index contributed by atoms with van der Waals surface area (Å²) in [5.74, 6) is 2.26. The van der Waals surface area contributed by atoms with Gasteiger partial charge in [0, 0.05) is 63.0 Å². The van der Waals surface area contributed by atoms with Gasteiger partial charge in [-0.1, -0.05) is 32.9 Å². The Morgan fingerprint density at radius 2 is 1.71 bits per heavy atom. The maximum Gasteiger partial charge on any atom is 0.324 e. The number of anilines is 3. The molecule has 0 atom stereocenters. The van der Waals surface area contributed by atoms with Crippen LogP contribution in [0.15, 0.2) is 67.0 Å². The minimum absolute atomic E-state index is 0.191. The topological polar surface area (TPSA) is 112 Å². The van der Waals surface area contributed by atoms with E-state index in [0.717, 1.165) is 44.1 Å². The summed E-state index contributed by atoms with van der Waals surface area (Å²) in [6, 6.07) is 18.7. The Kier molecular flexibility index (Phi) is 8.69. The first-order valence-corrected chi connectivity index (χ1v) is 14.1. The van der Waals surface area contributed by atoms with Gasteiger partial charge in [0.15, 0.2) is 0 Å². The summed E-state index contributed by atoms with van der Waals surface area (Å²) in [7, 11) is 3.94. The zero-order chi connectivity index (χ0) is 29.7. The molecule has 0 aliphatic carbocycles. The average molecular weight is 570 g/mol. The largest absolute Gasteiger partial charge is 0.439 e. The van der Waals surface area contributed by atoms with E-state index in [2.05, 4.69) is 75.7 Å². The van der Waals surface area contributed by atoms with Crippen LogP contribution in [0.3, 0.4) is 0 Å². The van der Waals surface area contributed by atoms with Crippen LogP contribution in [0.4, 0.5) is 22.1 Å². The standard InChI is InChI=1S/C31H39N9O2/c1-31(2,3)26-18-28(40(37-26)24-8-6-7-22(17-24)20-39-15-13-38(5)14-16-39)36-30(41)35-23-9-11-25(12-10-23)42-29-19-27(32-4)33-21-34-29/h6-12,17-19,21H,13-16,20H2,1-5H3,(H,32,33,34)(H2,35,36,41). The Morgan fingerprint density at radius 1 is 0.952 bits per heavy atom. The lowest BCUT2D eigenvalue weighted by Crippen LogP contribution is -2.43. The quantitative estimate of drug-likeness (QED) is 0.266. The summed E-state index contributed by atoms with van der Waals surface area (Å²) < 4.78 is 7.61. The third-order valence-electron chi connectivity index (χ3n) is 7.11. The molecule has 2 amide bonds. The van der Waals surface area contributed by atoms with E-state index in [0.29, 0.717) is 29.0 Å². The van der Waals surface area contributed by atoms with Crippen molar-refractivity contribution in [3.05, 3.63) is 78.2 Å². The smallest absolute Gasteiger partial charge is 0.324 e. The number of likely N-dealkylation sites (N-methyl/N-ethyl adjacent to an activating group) is 1. The van der Waals surface area contributed by atoms with E-state index in [9.17, 15) is 4.79 Å². The van der Waals surface area contributed by atoms with Crippen molar-refractivity contribution in [1.82, 2.24) is 29.5 Å². The molecule has 1 aliphatic heterocycles. The molecule has 3 N–H and O–H groups in total. The average Bonchev–Trinajstić information content (AvgIpc) is 3.40. The molecule has 4 aromatic rings. The summed E-state index contributed by atoms with van der Waals surface area (Å²) in [5, 5.41) is 13.8. The van der Waals surface area contributed by atoms with Gasteiger partial charge in [-0.25, -0.2) is 19.4 Å². The van der Waals surface area contributed by atoms with E-state index in [1.54, 1.807) is 37.4 Å². The highest BCUT2D eigenvalue weighted by Gasteiger charge is 2.22. The molecule has 0 radical (unpaired) electrons. The maximum absolute atomic E-state index is 13.1. The van der Waals surface area contributed by atoms with Crippen LogP contribution in [-0.4, -0.2) is 75.9 Å². The highest BCUT2D eigenvalue weighted by molar-refractivity contribution is 5.99. The Morgan fingerprint density at radius 3 is 2.43 bits per heavy atom. The number of carbonyl (C=O) groups excluding carboxylic acids is 1. The van der Waals surface area contributed by atoms with E-state index < -0.39 is 0 Å². The highest BCUT2D eigenvalue weighted by Crippen LogP contribution is 2.27. The van der Waals surface area contributed by atoms with E-state index in [4.69, 9.17) is 9.84 Å². The number of amides is 2. The van der Waals surface area contributed by atoms with Gasteiger partial charge in [0.2, 0.25) is 5.88 Å². The maximum atomic E-state index is 13.1. The van der Waals surface area contributed by atoms with Crippen LogP contribution in [0.5, 0.6) is 11.6 Å². The van der Waals surface area contributed by atoms with Gasteiger partial charge in [-0.05, 0) is 49.0 Å². The number of hydrogen-bond donors (Lipinski definition) is 3. The van der Waals surface area contributed by atoms with Crippen molar-refractivity contribution in [2.75, 3.05) is 56.2 Å². The second-order valence-corrected chi connectivity index (χ2v) is 11.5. The van der Waals surface area contributed by atoms with Gasteiger partial charge in [0.25, 0.3) is 0 Å². The van der Waals surface area contributed by atoms with Gasteiger partial charge in [0.1, 0.15) is 23.7 Å². The second kappa shape index (κ2) is 12.6. The molecule has 2 aromatic carbocycles. The lowest BCUT2D eigenvalue weighted by Gasteiger charge is -2.32. The summed E-state index contributed by atoms with van der Waals surface area (Å²) in [5.41, 5.74) is 3.43. The van der Waals surface area contributed by atoms with Crippen molar-refractivity contribution >= 4 is 23.4 Å². The van der Waals surface area contributed by atoms with Gasteiger partial charge >= 0.3 is 6.03 Å². The number of rotatable bonds is 8. The van der Waals surface area contributed by atoms with E-state index in [1.165, 1.54) is 11.9 Å². The molecule has 1 aliphatic rings. The van der Waals surface area contributed by atoms with Gasteiger partial charge < -0.3 is 20.3 Å². The first-order chi connectivity index (χ1) is 20.2. The van der Waals surface area contributed by atoms with E-state index in [1.807, 2.05) is 22.9 Å². The summed E-state index contributed by atoms with van der Waals surface area (Å²) >= 11 is 0. The number of urea groups is 1. The number of benzene rings is 2. The van der Waals surface area contributed by atoms with Crippen molar-refractivity contribution in [2.24, 2.45) is 0 Å². The number of nitrogens with zero attached hydrogens (tertiary/aromatic N) is 6. The molecule has 1 saturated heterocycles. The van der Waals surface area contributed by atoms with Crippen LogP contribution >= 0.6 is 0 Å². The molecule has 5 rings (SSSR count). The van der Waals surface area contributed by atoms with Crippen LogP contribution in [0, 0.1) is 0 Å². The Bertz CT molecular complexity index is 1500. The predicted molar refractivity (Wildman–Crippen MR) is 166 cm³/mol. The van der Waals surface area contributed by atoms with Crippen LogP contribution < -0.4 is 20.7 Å². The molecule has 11 heteroatoms. The molecule has 0 unspecified atom stereocenters. The normalized spacial score (nSPS) is 14.4. The minimum Gasteiger partial charge on any atom is -0.439 e. The third-order valence-corrected chi connectivity index (χ3v) is 7.11. The van der Waals surface area contributed by atoms with Gasteiger partial charge in [-0.3, -0.25) is 10.2 Å². The van der Waals surface area contributed by atoms with Crippen LogP contribution in [0.2, 0.25) is 0 Å². The molecule has 220 valence electrons. The number of hydrogen-bond acceptors (Lipinski definition) is 8. The van der Waals surface area contributed by atoms with Crippen LogP contribution in [0.1, 0.15) is 32.0 Å². The fraction of sp³-hybridized carbons (Fsp3) is 0.355. The molecule has 0 bridgehead atoms. The number of ether oxygens (including phenoxy) is 1. The number of carbonyl (C=O) groups is 1. The molecule has 1 fully saturated rings. The van der Waals surface area contributed by atoms with Crippen LogP contribution in [0.25, 0.3) is 5.69 Å². The molecular weight excluding hydrogens is 530 g/mol. The van der Waals surface area contributed by atoms with Crippen molar-refractivity contribution in [3.8, 4) is 17.3 Å². The van der Waals surface area contributed by atoms with Gasteiger partial charge in [-0.15, -0.1) is 0 Å². The van der Waals surface area contributed by atoms with E-state index >= 15 is 0 Å². The van der Waals surface area contributed by atoms with Crippen molar-refractivity contribution in [1.29, 1.82) is 0 Å². The predicted octanol–water partition coefficient (Wildman–Crippen LogP) is 5.19. The van der Waals surface area contributed by atoms with Crippen molar-refractivity contribution < 1.29 is 9.53 Å².